The maximum atomic E-state index is 13.1. The second-order valence-electron chi connectivity index (χ2n) is 4.35. The molecule has 0 unspecified atom stereocenters. The molecule has 0 bridgehead atoms. The standard InChI is InChI=1S/C15H10ClFN2O/c16-11-3-1-2-4-13(11)19-15(20)14-8-9-7-10(17)5-6-12(9)18-14/h1-8,18H,(H,19,20). The van der Waals surface area contributed by atoms with Gasteiger partial charge in [0.25, 0.3) is 5.91 Å². The predicted octanol–water partition coefficient (Wildman–Crippen LogP) is 4.21. The monoisotopic (exact) mass is 288 g/mol. The Morgan fingerprint density at radius 1 is 1.15 bits per heavy atom. The Kier molecular flexibility index (Phi) is 3.16. The second kappa shape index (κ2) is 4.98. The average Bonchev–Trinajstić information content (AvgIpc) is 2.84. The Morgan fingerprint density at radius 2 is 1.95 bits per heavy atom. The van der Waals surface area contributed by atoms with Crippen molar-refractivity contribution in [3.63, 3.8) is 0 Å². The van der Waals surface area contributed by atoms with Gasteiger partial charge in [-0.15, -0.1) is 0 Å². The van der Waals surface area contributed by atoms with Crippen LogP contribution in [0.3, 0.4) is 0 Å². The molecule has 3 nitrogen and oxygen atoms in total. The molecule has 0 aliphatic rings. The van der Waals surface area contributed by atoms with E-state index in [4.69, 9.17) is 11.6 Å². The Bertz CT molecular complexity index is 797. The van der Waals surface area contributed by atoms with Crippen molar-refractivity contribution in [2.24, 2.45) is 0 Å². The molecule has 20 heavy (non-hydrogen) atoms. The average molecular weight is 289 g/mol. The van der Waals surface area contributed by atoms with Crippen molar-refractivity contribution >= 4 is 34.1 Å². The van der Waals surface area contributed by atoms with Crippen molar-refractivity contribution in [2.45, 2.75) is 0 Å². The van der Waals surface area contributed by atoms with Gasteiger partial charge in [-0.2, -0.15) is 0 Å². The van der Waals surface area contributed by atoms with Gasteiger partial charge in [-0.3, -0.25) is 4.79 Å². The first-order valence-electron chi connectivity index (χ1n) is 5.97. The molecule has 3 rings (SSSR count). The Labute approximate surface area is 119 Å². The Balaban J connectivity index is 1.91. The van der Waals surface area contributed by atoms with Gasteiger partial charge in [0.15, 0.2) is 0 Å². The van der Waals surface area contributed by atoms with Crippen LogP contribution < -0.4 is 5.32 Å². The first kappa shape index (κ1) is 12.7. The second-order valence-corrected chi connectivity index (χ2v) is 4.76. The lowest BCUT2D eigenvalue weighted by Crippen LogP contribution is -2.12. The van der Waals surface area contributed by atoms with Crippen molar-refractivity contribution in [1.29, 1.82) is 0 Å². The molecule has 0 saturated carbocycles. The van der Waals surface area contributed by atoms with Crippen LogP contribution in [0.4, 0.5) is 10.1 Å². The highest BCUT2D eigenvalue weighted by molar-refractivity contribution is 6.33. The van der Waals surface area contributed by atoms with Crippen molar-refractivity contribution in [1.82, 2.24) is 4.98 Å². The third-order valence-corrected chi connectivity index (χ3v) is 3.28. The summed E-state index contributed by atoms with van der Waals surface area (Å²) in [5.74, 6) is -0.663. The summed E-state index contributed by atoms with van der Waals surface area (Å²) in [6.45, 7) is 0. The number of fused-ring (bicyclic) bond motifs is 1. The third kappa shape index (κ3) is 2.38. The molecule has 0 aliphatic carbocycles. The maximum Gasteiger partial charge on any atom is 0.272 e. The highest BCUT2D eigenvalue weighted by Crippen LogP contribution is 2.22. The summed E-state index contributed by atoms with van der Waals surface area (Å²) < 4.78 is 13.1. The summed E-state index contributed by atoms with van der Waals surface area (Å²) in [6.07, 6.45) is 0. The van der Waals surface area contributed by atoms with Crippen molar-refractivity contribution in [2.75, 3.05) is 5.32 Å². The number of H-pyrrole nitrogens is 1. The summed E-state index contributed by atoms with van der Waals surface area (Å²) in [5, 5.41) is 3.81. The Morgan fingerprint density at radius 3 is 2.75 bits per heavy atom. The van der Waals surface area contributed by atoms with E-state index in [1.165, 1.54) is 12.1 Å². The zero-order chi connectivity index (χ0) is 14.1. The lowest BCUT2D eigenvalue weighted by molar-refractivity contribution is 0.102. The summed E-state index contributed by atoms with van der Waals surface area (Å²) in [5.41, 5.74) is 1.59. The van der Waals surface area contributed by atoms with Crippen LogP contribution in [0.5, 0.6) is 0 Å². The van der Waals surface area contributed by atoms with Crippen LogP contribution in [-0.4, -0.2) is 10.9 Å². The fraction of sp³-hybridized carbons (Fsp3) is 0. The van der Waals surface area contributed by atoms with E-state index in [9.17, 15) is 9.18 Å². The number of hydrogen-bond donors (Lipinski definition) is 2. The molecule has 0 fully saturated rings. The van der Waals surface area contributed by atoms with Crippen LogP contribution >= 0.6 is 11.6 Å². The van der Waals surface area contributed by atoms with Crippen LogP contribution in [0.1, 0.15) is 10.5 Å². The van der Waals surface area contributed by atoms with E-state index in [2.05, 4.69) is 10.3 Å². The number of halogens is 2. The zero-order valence-corrected chi connectivity index (χ0v) is 11.0. The molecule has 0 saturated heterocycles. The lowest BCUT2D eigenvalue weighted by atomic mass is 10.2. The molecule has 1 aromatic heterocycles. The van der Waals surface area contributed by atoms with Crippen molar-refractivity contribution < 1.29 is 9.18 Å². The number of para-hydroxylation sites is 1. The normalized spacial score (nSPS) is 10.7. The van der Waals surface area contributed by atoms with Gasteiger partial charge in [-0.25, -0.2) is 4.39 Å². The SMILES string of the molecule is O=C(Nc1ccccc1Cl)c1cc2cc(F)ccc2[nH]1. The van der Waals surface area contributed by atoms with Crippen LogP contribution in [0.25, 0.3) is 10.9 Å². The number of aromatic amines is 1. The van der Waals surface area contributed by atoms with Crippen molar-refractivity contribution in [3.05, 3.63) is 65.1 Å². The number of rotatable bonds is 2. The molecule has 1 amide bonds. The summed E-state index contributed by atoms with van der Waals surface area (Å²) in [4.78, 5) is 15.1. The molecule has 2 aromatic carbocycles. The number of amides is 1. The smallest absolute Gasteiger partial charge is 0.272 e. The molecule has 0 aliphatic heterocycles. The number of benzene rings is 2. The molecular weight excluding hydrogens is 279 g/mol. The summed E-state index contributed by atoms with van der Waals surface area (Å²) in [6, 6.07) is 12.9. The van der Waals surface area contributed by atoms with Crippen LogP contribution in [0.2, 0.25) is 5.02 Å². The minimum atomic E-state index is -0.338. The van der Waals surface area contributed by atoms with Gasteiger partial charge in [0.2, 0.25) is 0 Å². The first-order valence-corrected chi connectivity index (χ1v) is 6.35. The highest BCUT2D eigenvalue weighted by atomic mass is 35.5. The molecule has 2 N–H and O–H groups in total. The van der Waals surface area contributed by atoms with Crippen molar-refractivity contribution in [3.8, 4) is 0 Å². The molecular formula is C15H10ClFN2O. The molecule has 100 valence electrons. The molecule has 3 aromatic rings. The van der Waals surface area contributed by atoms with E-state index in [0.29, 0.717) is 27.3 Å². The predicted molar refractivity (Wildman–Crippen MR) is 77.7 cm³/mol. The summed E-state index contributed by atoms with van der Waals surface area (Å²) in [7, 11) is 0. The number of hydrogen-bond acceptors (Lipinski definition) is 1. The number of carbonyl (C=O) groups is 1. The number of carbonyl (C=O) groups excluding carboxylic acids is 1. The molecule has 5 heteroatoms. The van der Waals surface area contributed by atoms with E-state index in [1.807, 2.05) is 0 Å². The van der Waals surface area contributed by atoms with Crippen LogP contribution in [-0.2, 0) is 0 Å². The van der Waals surface area contributed by atoms with Gasteiger partial charge in [-0.05, 0) is 36.4 Å². The quantitative estimate of drug-likeness (QED) is 0.729. The van der Waals surface area contributed by atoms with Gasteiger partial charge >= 0.3 is 0 Å². The van der Waals surface area contributed by atoms with Crippen LogP contribution in [0.15, 0.2) is 48.5 Å². The molecule has 0 atom stereocenters. The topological polar surface area (TPSA) is 44.9 Å². The maximum absolute atomic E-state index is 13.1. The number of aromatic nitrogens is 1. The first-order chi connectivity index (χ1) is 9.63. The van der Waals surface area contributed by atoms with Gasteiger partial charge in [-0.1, -0.05) is 23.7 Å². The molecule has 0 radical (unpaired) electrons. The Hall–Kier alpha value is -2.33. The summed E-state index contributed by atoms with van der Waals surface area (Å²) >= 11 is 5.98. The van der Waals surface area contributed by atoms with Gasteiger partial charge in [0, 0.05) is 10.9 Å². The number of nitrogens with one attached hydrogen (secondary N) is 2. The minimum absolute atomic E-state index is 0.324. The van der Waals surface area contributed by atoms with Gasteiger partial charge in [0.05, 0.1) is 10.7 Å². The minimum Gasteiger partial charge on any atom is -0.351 e. The fourth-order valence-corrected chi connectivity index (χ4v) is 2.16. The molecule has 0 spiro atoms. The zero-order valence-electron chi connectivity index (χ0n) is 10.3. The number of anilines is 1. The molecule has 1 heterocycles. The van der Waals surface area contributed by atoms with E-state index >= 15 is 0 Å². The van der Waals surface area contributed by atoms with Gasteiger partial charge in [0.1, 0.15) is 11.5 Å². The van der Waals surface area contributed by atoms with E-state index in [1.54, 1.807) is 36.4 Å². The lowest BCUT2D eigenvalue weighted by Gasteiger charge is -2.05. The van der Waals surface area contributed by atoms with E-state index in [0.717, 1.165) is 0 Å². The fourth-order valence-electron chi connectivity index (χ4n) is 1.98. The van der Waals surface area contributed by atoms with Crippen LogP contribution in [0, 0.1) is 5.82 Å². The highest BCUT2D eigenvalue weighted by Gasteiger charge is 2.11. The van der Waals surface area contributed by atoms with Gasteiger partial charge < -0.3 is 10.3 Å². The van der Waals surface area contributed by atoms with E-state index < -0.39 is 0 Å². The third-order valence-electron chi connectivity index (χ3n) is 2.95. The van der Waals surface area contributed by atoms with E-state index in [-0.39, 0.29) is 11.7 Å². The largest absolute Gasteiger partial charge is 0.351 e.